The van der Waals surface area contributed by atoms with Crippen molar-refractivity contribution in [3.63, 3.8) is 0 Å². The Hall–Kier alpha value is -2.33. The zero-order valence-corrected chi connectivity index (χ0v) is 14.2. The van der Waals surface area contributed by atoms with Gasteiger partial charge in [-0.25, -0.2) is 4.98 Å². The lowest BCUT2D eigenvalue weighted by Gasteiger charge is -2.15. The molecule has 0 bridgehead atoms. The molecule has 3 aromatic rings. The highest BCUT2D eigenvalue weighted by atomic mass is 16.5. The van der Waals surface area contributed by atoms with Crippen LogP contribution in [0.4, 0.5) is 0 Å². The number of hydrogen-bond acceptors (Lipinski definition) is 3. The molecule has 4 rings (SSSR count). The molecule has 2 aromatic carbocycles. The Morgan fingerprint density at radius 2 is 2.12 bits per heavy atom. The molecule has 1 unspecified atom stereocenters. The highest BCUT2D eigenvalue weighted by Crippen LogP contribution is 2.26. The maximum Gasteiger partial charge on any atom is 0.126 e. The van der Waals surface area contributed by atoms with Crippen LogP contribution < -0.4 is 10.1 Å². The minimum Gasteiger partial charge on any atom is -0.493 e. The van der Waals surface area contributed by atoms with Gasteiger partial charge in [-0.05, 0) is 43.2 Å². The van der Waals surface area contributed by atoms with Crippen molar-refractivity contribution in [1.29, 1.82) is 0 Å². The molecule has 0 radical (unpaired) electrons. The molecule has 0 aliphatic carbocycles. The lowest BCUT2D eigenvalue weighted by Crippen LogP contribution is -2.21. The fourth-order valence-corrected chi connectivity index (χ4v) is 3.47. The van der Waals surface area contributed by atoms with Crippen LogP contribution in [0.2, 0.25) is 0 Å². The Morgan fingerprint density at radius 1 is 1.25 bits per heavy atom. The van der Waals surface area contributed by atoms with Crippen molar-refractivity contribution in [3.05, 3.63) is 59.4 Å². The van der Waals surface area contributed by atoms with Crippen molar-refractivity contribution in [1.82, 2.24) is 14.9 Å². The molecule has 4 nitrogen and oxygen atoms in total. The average Bonchev–Trinajstić information content (AvgIpc) is 3.22. The van der Waals surface area contributed by atoms with E-state index in [1.807, 2.05) is 6.07 Å². The molecule has 24 heavy (non-hydrogen) atoms. The lowest BCUT2D eigenvalue weighted by atomic mass is 10.1. The van der Waals surface area contributed by atoms with Gasteiger partial charge in [0.2, 0.25) is 0 Å². The minimum absolute atomic E-state index is 0.196. The van der Waals surface area contributed by atoms with Gasteiger partial charge in [-0.1, -0.05) is 24.3 Å². The van der Waals surface area contributed by atoms with E-state index in [1.165, 1.54) is 16.6 Å². The molecule has 0 saturated carbocycles. The first kappa shape index (κ1) is 15.2. The Bertz CT molecular complexity index is 868. The summed E-state index contributed by atoms with van der Waals surface area (Å²) >= 11 is 0. The van der Waals surface area contributed by atoms with Gasteiger partial charge in [0.25, 0.3) is 0 Å². The van der Waals surface area contributed by atoms with Gasteiger partial charge in [0.15, 0.2) is 0 Å². The first-order valence-electron chi connectivity index (χ1n) is 8.69. The summed E-state index contributed by atoms with van der Waals surface area (Å²) in [5, 5.41) is 3.62. The third-order valence-electron chi connectivity index (χ3n) is 4.75. The fourth-order valence-electron chi connectivity index (χ4n) is 3.47. The Balaban J connectivity index is 1.53. The van der Waals surface area contributed by atoms with Gasteiger partial charge in [0.1, 0.15) is 11.6 Å². The normalized spacial score (nSPS) is 14.6. The van der Waals surface area contributed by atoms with Gasteiger partial charge in [0.05, 0.1) is 23.7 Å². The summed E-state index contributed by atoms with van der Waals surface area (Å²) in [5.41, 5.74) is 4.89. The van der Waals surface area contributed by atoms with E-state index in [4.69, 9.17) is 9.72 Å². The van der Waals surface area contributed by atoms with Gasteiger partial charge >= 0.3 is 0 Å². The molecule has 1 aliphatic heterocycles. The van der Waals surface area contributed by atoms with E-state index in [-0.39, 0.29) is 6.04 Å². The van der Waals surface area contributed by atoms with Crippen molar-refractivity contribution in [2.24, 2.45) is 0 Å². The number of nitrogens with zero attached hydrogens (tertiary/aromatic N) is 2. The summed E-state index contributed by atoms with van der Waals surface area (Å²) in [6.07, 6.45) is 1.02. The summed E-state index contributed by atoms with van der Waals surface area (Å²) in [6.45, 7) is 6.93. The summed E-state index contributed by atoms with van der Waals surface area (Å²) < 4.78 is 7.87. The zero-order valence-electron chi connectivity index (χ0n) is 14.2. The number of para-hydroxylation sites is 2. The van der Waals surface area contributed by atoms with Crippen LogP contribution in [-0.4, -0.2) is 16.2 Å². The van der Waals surface area contributed by atoms with Gasteiger partial charge in [0, 0.05) is 19.5 Å². The second-order valence-electron chi connectivity index (χ2n) is 6.35. The summed E-state index contributed by atoms with van der Waals surface area (Å²) in [6, 6.07) is 15.0. The van der Waals surface area contributed by atoms with Crippen LogP contribution in [0.15, 0.2) is 42.5 Å². The standard InChI is InChI=1S/C20H23N3O/c1-3-23-18-7-5-4-6-17(18)22-20(23)14(2)21-13-15-8-9-19-16(12-15)10-11-24-19/h4-9,12,14,21H,3,10-11,13H2,1-2H3. The monoisotopic (exact) mass is 321 g/mol. The number of fused-ring (bicyclic) bond motifs is 2. The Morgan fingerprint density at radius 3 is 3.00 bits per heavy atom. The topological polar surface area (TPSA) is 39.1 Å². The molecule has 1 atom stereocenters. The zero-order chi connectivity index (χ0) is 16.5. The van der Waals surface area contributed by atoms with Crippen LogP contribution in [0.25, 0.3) is 11.0 Å². The SMILES string of the molecule is CCn1c(C(C)NCc2ccc3c(c2)CCO3)nc2ccccc21. The van der Waals surface area contributed by atoms with Crippen molar-refractivity contribution in [2.45, 2.75) is 39.4 Å². The van der Waals surface area contributed by atoms with Gasteiger partial charge in [-0.3, -0.25) is 0 Å². The van der Waals surface area contributed by atoms with E-state index >= 15 is 0 Å². The highest BCUT2D eigenvalue weighted by Gasteiger charge is 2.16. The molecule has 0 saturated heterocycles. The molecule has 4 heteroatoms. The van der Waals surface area contributed by atoms with Gasteiger partial charge in [-0.15, -0.1) is 0 Å². The lowest BCUT2D eigenvalue weighted by molar-refractivity contribution is 0.357. The molecule has 0 fully saturated rings. The van der Waals surface area contributed by atoms with Crippen molar-refractivity contribution in [2.75, 3.05) is 6.61 Å². The number of hydrogen-bond donors (Lipinski definition) is 1. The number of benzene rings is 2. The van der Waals surface area contributed by atoms with E-state index in [1.54, 1.807) is 0 Å². The highest BCUT2D eigenvalue weighted by molar-refractivity contribution is 5.76. The fraction of sp³-hybridized carbons (Fsp3) is 0.350. The first-order chi connectivity index (χ1) is 11.8. The largest absolute Gasteiger partial charge is 0.493 e. The number of aromatic nitrogens is 2. The molecule has 1 aliphatic rings. The maximum atomic E-state index is 5.58. The van der Waals surface area contributed by atoms with E-state index in [9.17, 15) is 0 Å². The summed E-state index contributed by atoms with van der Waals surface area (Å²) in [7, 11) is 0. The van der Waals surface area contributed by atoms with E-state index < -0.39 is 0 Å². The second-order valence-corrected chi connectivity index (χ2v) is 6.35. The third kappa shape index (κ3) is 2.67. The predicted octanol–water partition coefficient (Wildman–Crippen LogP) is 3.84. The van der Waals surface area contributed by atoms with Crippen molar-refractivity contribution >= 4 is 11.0 Å². The number of ether oxygens (including phenoxy) is 1. The van der Waals surface area contributed by atoms with Crippen LogP contribution in [0.3, 0.4) is 0 Å². The minimum atomic E-state index is 0.196. The predicted molar refractivity (Wildman–Crippen MR) is 96.3 cm³/mol. The molecule has 1 aromatic heterocycles. The summed E-state index contributed by atoms with van der Waals surface area (Å²) in [4.78, 5) is 4.83. The molecular weight excluding hydrogens is 298 g/mol. The second kappa shape index (κ2) is 6.29. The van der Waals surface area contributed by atoms with Crippen LogP contribution in [0.1, 0.15) is 36.8 Å². The smallest absolute Gasteiger partial charge is 0.126 e. The number of imidazole rings is 1. The van der Waals surface area contributed by atoms with Gasteiger partial charge < -0.3 is 14.6 Å². The van der Waals surface area contributed by atoms with Crippen LogP contribution >= 0.6 is 0 Å². The van der Waals surface area contributed by atoms with Crippen molar-refractivity contribution < 1.29 is 4.74 Å². The molecule has 1 N–H and O–H groups in total. The van der Waals surface area contributed by atoms with E-state index in [0.717, 1.165) is 43.2 Å². The van der Waals surface area contributed by atoms with Crippen molar-refractivity contribution in [3.8, 4) is 5.75 Å². The molecule has 0 spiro atoms. The van der Waals surface area contributed by atoms with Crippen LogP contribution in [0, 0.1) is 0 Å². The molecule has 2 heterocycles. The number of nitrogens with one attached hydrogen (secondary N) is 1. The Labute approximate surface area is 142 Å². The maximum absolute atomic E-state index is 5.58. The van der Waals surface area contributed by atoms with Gasteiger partial charge in [-0.2, -0.15) is 0 Å². The quantitative estimate of drug-likeness (QED) is 0.776. The molecule has 0 amide bonds. The van der Waals surface area contributed by atoms with E-state index in [2.05, 4.69) is 60.1 Å². The third-order valence-corrected chi connectivity index (χ3v) is 4.75. The number of aryl methyl sites for hydroxylation is 1. The Kier molecular flexibility index (Phi) is 3.98. The van der Waals surface area contributed by atoms with E-state index in [0.29, 0.717) is 0 Å². The average molecular weight is 321 g/mol. The molecule has 124 valence electrons. The molecular formula is C20H23N3O. The first-order valence-corrected chi connectivity index (χ1v) is 8.69. The number of rotatable bonds is 5. The van der Waals surface area contributed by atoms with Crippen LogP contribution in [-0.2, 0) is 19.5 Å². The summed E-state index contributed by atoms with van der Waals surface area (Å²) in [5.74, 6) is 2.14. The van der Waals surface area contributed by atoms with Crippen LogP contribution in [0.5, 0.6) is 5.75 Å².